The third kappa shape index (κ3) is 1.93. The van der Waals surface area contributed by atoms with Crippen LogP contribution >= 0.6 is 0 Å². The molecule has 1 aliphatic heterocycles. The van der Waals surface area contributed by atoms with Gasteiger partial charge >= 0.3 is 0 Å². The predicted octanol–water partition coefficient (Wildman–Crippen LogP) is 0.380. The normalized spacial score (nSPS) is 25.8. The Morgan fingerprint density at radius 3 is 3.00 bits per heavy atom. The predicted molar refractivity (Wildman–Crippen MR) is 42.1 cm³/mol. The topological polar surface area (TPSA) is 40.5 Å². The minimum Gasteiger partial charge on any atom is -0.395 e. The number of β-amino-alcohol motifs (C(OH)–C–C–N with tert-alkyl or cyclic N) is 1. The van der Waals surface area contributed by atoms with Gasteiger partial charge in [0.1, 0.15) is 0 Å². The summed E-state index contributed by atoms with van der Waals surface area (Å²) in [7, 11) is 0. The van der Waals surface area contributed by atoms with Crippen molar-refractivity contribution in [2.24, 2.45) is 0 Å². The van der Waals surface area contributed by atoms with Crippen molar-refractivity contribution < 1.29 is 9.90 Å². The number of hydrogen-bond donors (Lipinski definition) is 1. The van der Waals surface area contributed by atoms with Gasteiger partial charge in [-0.1, -0.05) is 0 Å². The summed E-state index contributed by atoms with van der Waals surface area (Å²) < 4.78 is 0. The lowest BCUT2D eigenvalue weighted by atomic mass is 10.0. The lowest BCUT2D eigenvalue weighted by molar-refractivity contribution is -0.136. The van der Waals surface area contributed by atoms with Gasteiger partial charge in [0.2, 0.25) is 5.91 Å². The van der Waals surface area contributed by atoms with Crippen molar-refractivity contribution in [3.63, 3.8) is 0 Å². The fourth-order valence-corrected chi connectivity index (χ4v) is 1.55. The molecule has 0 bridgehead atoms. The van der Waals surface area contributed by atoms with Gasteiger partial charge in [0.25, 0.3) is 0 Å². The molecule has 0 spiro atoms. The molecule has 0 aliphatic carbocycles. The van der Waals surface area contributed by atoms with Crippen LogP contribution < -0.4 is 0 Å². The summed E-state index contributed by atoms with van der Waals surface area (Å²) in [4.78, 5) is 13.0. The molecule has 1 aliphatic rings. The highest BCUT2D eigenvalue weighted by atomic mass is 16.3. The van der Waals surface area contributed by atoms with Crippen LogP contribution in [-0.4, -0.2) is 35.1 Å². The molecule has 1 N–H and O–H groups in total. The second-order valence-corrected chi connectivity index (χ2v) is 3.05. The van der Waals surface area contributed by atoms with Gasteiger partial charge in [-0.25, -0.2) is 0 Å². The molecular weight excluding hydrogens is 142 g/mol. The molecule has 0 aromatic rings. The smallest absolute Gasteiger partial charge is 0.222 e. The fourth-order valence-electron chi connectivity index (χ4n) is 1.55. The molecule has 1 amide bonds. The summed E-state index contributed by atoms with van der Waals surface area (Å²) >= 11 is 0. The summed E-state index contributed by atoms with van der Waals surface area (Å²) in [6, 6.07) is 0.323. The minimum absolute atomic E-state index is 0.0794. The van der Waals surface area contributed by atoms with Crippen LogP contribution in [0.4, 0.5) is 0 Å². The van der Waals surface area contributed by atoms with Crippen LogP contribution in [0.25, 0.3) is 0 Å². The largest absolute Gasteiger partial charge is 0.395 e. The van der Waals surface area contributed by atoms with E-state index in [4.69, 9.17) is 5.11 Å². The van der Waals surface area contributed by atoms with E-state index in [0.717, 1.165) is 12.8 Å². The van der Waals surface area contributed by atoms with Gasteiger partial charge in [-0.2, -0.15) is 0 Å². The summed E-state index contributed by atoms with van der Waals surface area (Å²) in [6.45, 7) is 2.61. The van der Waals surface area contributed by atoms with Gasteiger partial charge in [0.15, 0.2) is 0 Å². The molecule has 64 valence electrons. The minimum atomic E-state index is 0.0794. The first-order valence-corrected chi connectivity index (χ1v) is 4.16. The van der Waals surface area contributed by atoms with Crippen LogP contribution in [0.3, 0.4) is 0 Å². The monoisotopic (exact) mass is 157 g/mol. The van der Waals surface area contributed by atoms with E-state index in [1.807, 2.05) is 6.92 Å². The number of likely N-dealkylation sites (tertiary alicyclic amines) is 1. The fraction of sp³-hybridized carbons (Fsp3) is 0.875. The van der Waals surface area contributed by atoms with E-state index in [1.54, 1.807) is 4.90 Å². The van der Waals surface area contributed by atoms with Gasteiger partial charge in [-0.15, -0.1) is 0 Å². The Kier molecular flexibility index (Phi) is 2.88. The zero-order valence-corrected chi connectivity index (χ0v) is 6.92. The zero-order valence-electron chi connectivity index (χ0n) is 6.92. The van der Waals surface area contributed by atoms with Gasteiger partial charge < -0.3 is 10.0 Å². The number of carbonyl (C=O) groups is 1. The van der Waals surface area contributed by atoms with Crippen molar-refractivity contribution in [2.75, 3.05) is 13.2 Å². The Morgan fingerprint density at radius 2 is 2.45 bits per heavy atom. The molecule has 1 atom stereocenters. The summed E-state index contributed by atoms with van der Waals surface area (Å²) in [6.07, 6.45) is 2.73. The summed E-state index contributed by atoms with van der Waals surface area (Å²) in [5, 5.41) is 8.66. The lowest BCUT2D eigenvalue weighted by Gasteiger charge is -2.32. The molecule has 0 saturated carbocycles. The second kappa shape index (κ2) is 3.72. The van der Waals surface area contributed by atoms with E-state index >= 15 is 0 Å². The first kappa shape index (κ1) is 8.53. The maximum absolute atomic E-state index is 11.2. The Morgan fingerprint density at radius 1 is 1.73 bits per heavy atom. The zero-order chi connectivity index (χ0) is 8.27. The van der Waals surface area contributed by atoms with Crippen molar-refractivity contribution >= 4 is 5.91 Å². The summed E-state index contributed by atoms with van der Waals surface area (Å²) in [5.74, 6) is 0.192. The highest BCUT2D eigenvalue weighted by Crippen LogP contribution is 2.16. The molecule has 1 heterocycles. The van der Waals surface area contributed by atoms with E-state index in [9.17, 15) is 4.79 Å². The Labute approximate surface area is 67.0 Å². The molecule has 1 saturated heterocycles. The van der Waals surface area contributed by atoms with Crippen LogP contribution in [0.5, 0.6) is 0 Å². The highest BCUT2D eigenvalue weighted by Gasteiger charge is 2.23. The van der Waals surface area contributed by atoms with E-state index in [-0.39, 0.29) is 12.5 Å². The van der Waals surface area contributed by atoms with Gasteiger partial charge in [0.05, 0.1) is 6.61 Å². The average Bonchev–Trinajstić information content (AvgIpc) is 1.97. The maximum Gasteiger partial charge on any atom is 0.222 e. The standard InChI is InChI=1S/C8H15NO2/c1-7-3-2-4-8(11)9(7)5-6-10/h7,10H,2-6H2,1H3. The van der Waals surface area contributed by atoms with Crippen molar-refractivity contribution in [3.05, 3.63) is 0 Å². The number of hydrogen-bond acceptors (Lipinski definition) is 2. The molecule has 11 heavy (non-hydrogen) atoms. The van der Waals surface area contributed by atoms with Crippen LogP contribution in [0.15, 0.2) is 0 Å². The van der Waals surface area contributed by atoms with Crippen molar-refractivity contribution in [1.82, 2.24) is 4.90 Å². The van der Waals surface area contributed by atoms with E-state index < -0.39 is 0 Å². The Bertz CT molecular complexity index is 147. The average molecular weight is 157 g/mol. The third-order valence-corrected chi connectivity index (χ3v) is 2.21. The number of carbonyl (C=O) groups excluding carboxylic acids is 1. The number of rotatable bonds is 2. The Hall–Kier alpha value is -0.570. The quantitative estimate of drug-likeness (QED) is 0.629. The van der Waals surface area contributed by atoms with E-state index in [1.165, 1.54) is 0 Å². The molecule has 0 radical (unpaired) electrons. The van der Waals surface area contributed by atoms with Crippen molar-refractivity contribution in [3.8, 4) is 0 Å². The molecule has 1 rings (SSSR count). The number of amides is 1. The molecular formula is C8H15NO2. The van der Waals surface area contributed by atoms with Crippen LogP contribution in [0.1, 0.15) is 26.2 Å². The van der Waals surface area contributed by atoms with E-state index in [2.05, 4.69) is 0 Å². The molecule has 0 aromatic carbocycles. The first-order chi connectivity index (χ1) is 5.25. The van der Waals surface area contributed by atoms with Crippen molar-refractivity contribution in [2.45, 2.75) is 32.2 Å². The van der Waals surface area contributed by atoms with Crippen molar-refractivity contribution in [1.29, 1.82) is 0 Å². The SMILES string of the molecule is CC1CCCC(=O)N1CCO. The molecule has 3 nitrogen and oxygen atoms in total. The van der Waals surface area contributed by atoms with Gasteiger partial charge in [-0.05, 0) is 19.8 Å². The van der Waals surface area contributed by atoms with Crippen LogP contribution in [-0.2, 0) is 4.79 Å². The number of nitrogens with zero attached hydrogens (tertiary/aromatic N) is 1. The van der Waals surface area contributed by atoms with Gasteiger partial charge in [-0.3, -0.25) is 4.79 Å². The second-order valence-electron chi connectivity index (χ2n) is 3.05. The highest BCUT2D eigenvalue weighted by molar-refractivity contribution is 5.77. The molecule has 3 heteroatoms. The van der Waals surface area contributed by atoms with Crippen LogP contribution in [0.2, 0.25) is 0 Å². The number of aliphatic hydroxyl groups excluding tert-OH is 1. The first-order valence-electron chi connectivity index (χ1n) is 4.16. The third-order valence-electron chi connectivity index (χ3n) is 2.21. The Balaban J connectivity index is 2.48. The molecule has 1 fully saturated rings. The lowest BCUT2D eigenvalue weighted by Crippen LogP contribution is -2.43. The number of piperidine rings is 1. The van der Waals surface area contributed by atoms with E-state index in [0.29, 0.717) is 19.0 Å². The maximum atomic E-state index is 11.2. The molecule has 1 unspecified atom stereocenters. The number of aliphatic hydroxyl groups is 1. The van der Waals surface area contributed by atoms with Crippen LogP contribution in [0, 0.1) is 0 Å². The molecule has 0 aromatic heterocycles. The summed E-state index contributed by atoms with van der Waals surface area (Å²) in [5.41, 5.74) is 0. The van der Waals surface area contributed by atoms with Gasteiger partial charge in [0, 0.05) is 19.0 Å².